The minimum atomic E-state index is -0.234. The van der Waals surface area contributed by atoms with Gasteiger partial charge in [-0.2, -0.15) is 0 Å². The Labute approximate surface area is 121 Å². The first-order valence-electron chi connectivity index (χ1n) is 7.78. The monoisotopic (exact) mass is 275 g/mol. The smallest absolute Gasteiger partial charge is 0.161 e. The number of hydrogen-bond acceptors (Lipinski definition) is 3. The van der Waals surface area contributed by atoms with Crippen LogP contribution in [0.4, 0.5) is 0 Å². The number of rotatable bonds is 1. The van der Waals surface area contributed by atoms with Crippen molar-refractivity contribution in [2.45, 2.75) is 45.1 Å². The number of ether oxygens (including phenoxy) is 2. The van der Waals surface area contributed by atoms with Gasteiger partial charge < -0.3 is 15.2 Å². The van der Waals surface area contributed by atoms with Crippen molar-refractivity contribution in [1.82, 2.24) is 0 Å². The molecule has 20 heavy (non-hydrogen) atoms. The molecule has 0 saturated heterocycles. The predicted molar refractivity (Wildman–Crippen MR) is 80.1 cm³/mol. The second kappa shape index (κ2) is 5.28. The molecule has 3 rings (SSSR count). The van der Waals surface area contributed by atoms with Crippen LogP contribution in [-0.2, 0) is 5.54 Å². The highest BCUT2D eigenvalue weighted by Crippen LogP contribution is 2.44. The van der Waals surface area contributed by atoms with Crippen LogP contribution < -0.4 is 15.2 Å². The molecule has 3 unspecified atom stereocenters. The summed E-state index contributed by atoms with van der Waals surface area (Å²) in [4.78, 5) is 0. The lowest BCUT2D eigenvalue weighted by Gasteiger charge is -2.43. The van der Waals surface area contributed by atoms with Gasteiger partial charge in [-0.15, -0.1) is 0 Å². The molecule has 1 saturated carbocycles. The molecular weight excluding hydrogens is 250 g/mol. The first-order valence-corrected chi connectivity index (χ1v) is 7.78. The van der Waals surface area contributed by atoms with E-state index < -0.39 is 0 Å². The van der Waals surface area contributed by atoms with Crippen LogP contribution in [0.25, 0.3) is 0 Å². The molecule has 3 nitrogen and oxygen atoms in total. The highest BCUT2D eigenvalue weighted by atomic mass is 16.5. The van der Waals surface area contributed by atoms with Crippen molar-refractivity contribution in [1.29, 1.82) is 0 Å². The lowest BCUT2D eigenvalue weighted by molar-refractivity contribution is 0.161. The molecule has 1 aromatic carbocycles. The molecule has 3 atom stereocenters. The molecule has 1 aliphatic carbocycles. The molecule has 0 amide bonds. The van der Waals surface area contributed by atoms with Crippen molar-refractivity contribution in [3.05, 3.63) is 23.8 Å². The number of hydrogen-bond donors (Lipinski definition) is 1. The number of nitrogens with two attached hydrogens (primary N) is 1. The van der Waals surface area contributed by atoms with Gasteiger partial charge in [0.05, 0.1) is 13.2 Å². The largest absolute Gasteiger partial charge is 0.490 e. The summed E-state index contributed by atoms with van der Waals surface area (Å²) in [5.74, 6) is 2.90. The van der Waals surface area contributed by atoms with E-state index in [0.717, 1.165) is 37.6 Å². The minimum absolute atomic E-state index is 0.234. The standard InChI is InChI=1S/C17H25NO2/c1-12-4-5-13(2)17(18,11-12)14-6-7-15-16(10-14)20-9-3-8-19-15/h6-7,10,12-13H,3-5,8-9,11,18H2,1-2H3. The van der Waals surface area contributed by atoms with E-state index in [1.807, 2.05) is 6.07 Å². The normalized spacial score (nSPS) is 33.5. The Morgan fingerprint density at radius 3 is 2.65 bits per heavy atom. The summed E-state index contributed by atoms with van der Waals surface area (Å²) in [5, 5.41) is 0. The summed E-state index contributed by atoms with van der Waals surface area (Å²) in [6, 6.07) is 6.26. The number of fused-ring (bicyclic) bond motifs is 1. The highest BCUT2D eigenvalue weighted by molar-refractivity contribution is 5.45. The van der Waals surface area contributed by atoms with Crippen molar-refractivity contribution in [2.24, 2.45) is 17.6 Å². The van der Waals surface area contributed by atoms with E-state index in [1.54, 1.807) is 0 Å². The van der Waals surface area contributed by atoms with Gasteiger partial charge in [0.1, 0.15) is 0 Å². The van der Waals surface area contributed by atoms with Crippen LogP contribution in [0.3, 0.4) is 0 Å². The van der Waals surface area contributed by atoms with E-state index in [2.05, 4.69) is 26.0 Å². The Hall–Kier alpha value is -1.22. The van der Waals surface area contributed by atoms with Gasteiger partial charge in [0.2, 0.25) is 0 Å². The van der Waals surface area contributed by atoms with Gasteiger partial charge in [-0.1, -0.05) is 26.3 Å². The fourth-order valence-electron chi connectivity index (χ4n) is 3.53. The van der Waals surface area contributed by atoms with Crippen molar-refractivity contribution >= 4 is 0 Å². The SMILES string of the molecule is CC1CCC(C)C(N)(c2ccc3c(c2)OCCCO3)C1. The van der Waals surface area contributed by atoms with Crippen LogP contribution in [0.1, 0.15) is 45.1 Å². The molecule has 0 aromatic heterocycles. The maximum Gasteiger partial charge on any atom is 0.161 e. The lowest BCUT2D eigenvalue weighted by Crippen LogP contribution is -2.47. The molecular formula is C17H25NO2. The molecule has 0 bridgehead atoms. The summed E-state index contributed by atoms with van der Waals surface area (Å²) < 4.78 is 11.5. The van der Waals surface area contributed by atoms with Crippen molar-refractivity contribution < 1.29 is 9.47 Å². The third-order valence-corrected chi connectivity index (χ3v) is 4.94. The van der Waals surface area contributed by atoms with E-state index in [1.165, 1.54) is 18.4 Å². The zero-order valence-corrected chi connectivity index (χ0v) is 12.5. The molecule has 1 aromatic rings. The summed E-state index contributed by atoms with van der Waals surface area (Å²) in [6.07, 6.45) is 4.47. The zero-order valence-electron chi connectivity index (χ0n) is 12.5. The Morgan fingerprint density at radius 1 is 1.10 bits per heavy atom. The maximum absolute atomic E-state index is 6.79. The maximum atomic E-state index is 6.79. The average molecular weight is 275 g/mol. The predicted octanol–water partition coefficient (Wildman–Crippen LogP) is 3.46. The second-order valence-electron chi connectivity index (χ2n) is 6.54. The Bertz CT molecular complexity index is 488. The van der Waals surface area contributed by atoms with E-state index in [-0.39, 0.29) is 5.54 Å². The molecule has 3 heteroatoms. The summed E-state index contributed by atoms with van der Waals surface area (Å²) in [6.45, 7) is 6.03. The molecule has 2 aliphatic rings. The van der Waals surface area contributed by atoms with Crippen LogP contribution in [0, 0.1) is 11.8 Å². The quantitative estimate of drug-likeness (QED) is 0.853. The summed E-state index contributed by atoms with van der Waals surface area (Å²) >= 11 is 0. The van der Waals surface area contributed by atoms with E-state index in [0.29, 0.717) is 11.8 Å². The molecule has 1 aliphatic heterocycles. The van der Waals surface area contributed by atoms with E-state index in [9.17, 15) is 0 Å². The fraction of sp³-hybridized carbons (Fsp3) is 0.647. The zero-order chi connectivity index (χ0) is 14.2. The van der Waals surface area contributed by atoms with E-state index >= 15 is 0 Å². The van der Waals surface area contributed by atoms with E-state index in [4.69, 9.17) is 15.2 Å². The first kappa shape index (κ1) is 13.7. The minimum Gasteiger partial charge on any atom is -0.490 e. The van der Waals surface area contributed by atoms with Gasteiger partial charge >= 0.3 is 0 Å². The third kappa shape index (κ3) is 2.39. The third-order valence-electron chi connectivity index (χ3n) is 4.94. The highest BCUT2D eigenvalue weighted by Gasteiger charge is 2.39. The fourth-order valence-corrected chi connectivity index (χ4v) is 3.53. The van der Waals surface area contributed by atoms with Crippen molar-refractivity contribution in [3.63, 3.8) is 0 Å². The lowest BCUT2D eigenvalue weighted by atomic mass is 9.67. The second-order valence-corrected chi connectivity index (χ2v) is 6.54. The molecule has 2 N–H and O–H groups in total. The summed E-state index contributed by atoms with van der Waals surface area (Å²) in [5.41, 5.74) is 7.75. The van der Waals surface area contributed by atoms with Crippen LogP contribution >= 0.6 is 0 Å². The average Bonchev–Trinajstić information content (AvgIpc) is 2.67. The van der Waals surface area contributed by atoms with Gasteiger partial charge in [-0.25, -0.2) is 0 Å². The molecule has 0 radical (unpaired) electrons. The molecule has 1 fully saturated rings. The van der Waals surface area contributed by atoms with Gasteiger partial charge in [0.25, 0.3) is 0 Å². The van der Waals surface area contributed by atoms with Crippen molar-refractivity contribution in [2.75, 3.05) is 13.2 Å². The van der Waals surface area contributed by atoms with Crippen LogP contribution in [0.15, 0.2) is 18.2 Å². The van der Waals surface area contributed by atoms with Crippen molar-refractivity contribution in [3.8, 4) is 11.5 Å². The van der Waals surface area contributed by atoms with Gasteiger partial charge in [-0.3, -0.25) is 0 Å². The Balaban J connectivity index is 1.95. The molecule has 0 spiro atoms. The van der Waals surface area contributed by atoms with Crippen LogP contribution in [-0.4, -0.2) is 13.2 Å². The topological polar surface area (TPSA) is 44.5 Å². The van der Waals surface area contributed by atoms with Crippen LogP contribution in [0.5, 0.6) is 11.5 Å². The first-order chi connectivity index (χ1) is 9.59. The van der Waals surface area contributed by atoms with Gasteiger partial charge in [0, 0.05) is 12.0 Å². The Kier molecular flexibility index (Phi) is 3.63. The molecule has 1 heterocycles. The van der Waals surface area contributed by atoms with Crippen LogP contribution in [0.2, 0.25) is 0 Å². The van der Waals surface area contributed by atoms with Gasteiger partial charge in [-0.05, 0) is 42.4 Å². The summed E-state index contributed by atoms with van der Waals surface area (Å²) in [7, 11) is 0. The molecule has 110 valence electrons. The van der Waals surface area contributed by atoms with Gasteiger partial charge in [0.15, 0.2) is 11.5 Å². The number of benzene rings is 1. The Morgan fingerprint density at radius 2 is 1.85 bits per heavy atom.